The smallest absolute Gasteiger partial charge is 0.0208 e. The highest BCUT2D eigenvalue weighted by molar-refractivity contribution is 5.32. The van der Waals surface area contributed by atoms with Gasteiger partial charge in [-0.1, -0.05) is 44.4 Å². The van der Waals surface area contributed by atoms with Crippen molar-refractivity contribution in [1.29, 1.82) is 0 Å². The average molecular weight is 219 g/mol. The Hall–Kier alpha value is -0.820. The molecule has 0 amide bonds. The second-order valence-electron chi connectivity index (χ2n) is 4.60. The molecule has 0 aromatic heterocycles. The van der Waals surface area contributed by atoms with Crippen molar-refractivity contribution in [2.45, 2.75) is 53.0 Å². The monoisotopic (exact) mass is 219 g/mol. The Morgan fingerprint density at radius 1 is 1.06 bits per heavy atom. The molecule has 1 N–H and O–H groups in total. The molecule has 0 aliphatic rings. The summed E-state index contributed by atoms with van der Waals surface area (Å²) in [4.78, 5) is 0. The van der Waals surface area contributed by atoms with Crippen molar-refractivity contribution in [2.24, 2.45) is 0 Å². The van der Waals surface area contributed by atoms with Gasteiger partial charge in [-0.2, -0.15) is 0 Å². The van der Waals surface area contributed by atoms with Gasteiger partial charge in [0.15, 0.2) is 0 Å². The fourth-order valence-electron chi connectivity index (χ4n) is 1.90. The van der Waals surface area contributed by atoms with Crippen LogP contribution in [0.2, 0.25) is 0 Å². The number of unbranched alkanes of at least 4 members (excludes halogenated alkanes) is 3. The van der Waals surface area contributed by atoms with E-state index in [1.807, 2.05) is 0 Å². The zero-order chi connectivity index (χ0) is 11.8. The molecule has 0 unspecified atom stereocenters. The Kier molecular flexibility index (Phi) is 6.17. The standard InChI is InChI=1S/C15H25N/c1-4-5-6-7-11-16-12-15-10-8-9-13(2)14(15)3/h8-10,16H,4-7,11-12H2,1-3H3. The van der Waals surface area contributed by atoms with Gasteiger partial charge in [-0.15, -0.1) is 0 Å². The summed E-state index contributed by atoms with van der Waals surface area (Å²) < 4.78 is 0. The lowest BCUT2D eigenvalue weighted by atomic mass is 10.0. The van der Waals surface area contributed by atoms with Crippen molar-refractivity contribution >= 4 is 0 Å². The summed E-state index contributed by atoms with van der Waals surface area (Å²) in [7, 11) is 0. The molecule has 0 spiro atoms. The van der Waals surface area contributed by atoms with Crippen LogP contribution in [0.4, 0.5) is 0 Å². The van der Waals surface area contributed by atoms with Gasteiger partial charge in [0.05, 0.1) is 0 Å². The highest BCUT2D eigenvalue weighted by atomic mass is 14.8. The molecule has 0 fully saturated rings. The summed E-state index contributed by atoms with van der Waals surface area (Å²) in [5.41, 5.74) is 4.27. The van der Waals surface area contributed by atoms with E-state index in [0.717, 1.165) is 13.1 Å². The zero-order valence-electron chi connectivity index (χ0n) is 11.0. The lowest BCUT2D eigenvalue weighted by Gasteiger charge is -2.09. The number of hydrogen-bond donors (Lipinski definition) is 1. The van der Waals surface area contributed by atoms with Gasteiger partial charge in [0.25, 0.3) is 0 Å². The molecule has 1 rings (SSSR count). The quantitative estimate of drug-likeness (QED) is 0.684. The van der Waals surface area contributed by atoms with E-state index >= 15 is 0 Å². The first-order chi connectivity index (χ1) is 7.75. The SMILES string of the molecule is CCCCCCNCc1cccc(C)c1C. The highest BCUT2D eigenvalue weighted by Crippen LogP contribution is 2.12. The Morgan fingerprint density at radius 3 is 2.62 bits per heavy atom. The van der Waals surface area contributed by atoms with E-state index in [4.69, 9.17) is 0 Å². The molecule has 0 aliphatic heterocycles. The van der Waals surface area contributed by atoms with Crippen LogP contribution in [0, 0.1) is 13.8 Å². The maximum Gasteiger partial charge on any atom is 0.0208 e. The third-order valence-electron chi connectivity index (χ3n) is 3.24. The molecule has 0 saturated carbocycles. The minimum absolute atomic E-state index is 1.01. The van der Waals surface area contributed by atoms with Crippen LogP contribution >= 0.6 is 0 Å². The number of nitrogens with one attached hydrogen (secondary N) is 1. The molecule has 0 atom stereocenters. The molecule has 0 radical (unpaired) electrons. The molecule has 16 heavy (non-hydrogen) atoms. The van der Waals surface area contributed by atoms with Crippen LogP contribution in [0.1, 0.15) is 49.3 Å². The van der Waals surface area contributed by atoms with E-state index in [-0.39, 0.29) is 0 Å². The van der Waals surface area contributed by atoms with Crippen molar-refractivity contribution in [3.63, 3.8) is 0 Å². The van der Waals surface area contributed by atoms with Crippen molar-refractivity contribution < 1.29 is 0 Å². The van der Waals surface area contributed by atoms with E-state index in [2.05, 4.69) is 44.3 Å². The van der Waals surface area contributed by atoms with Gasteiger partial charge in [0, 0.05) is 6.54 Å². The van der Waals surface area contributed by atoms with Crippen LogP contribution in [0.25, 0.3) is 0 Å². The second kappa shape index (κ2) is 7.45. The lowest BCUT2D eigenvalue weighted by Crippen LogP contribution is -2.15. The summed E-state index contributed by atoms with van der Waals surface area (Å²) in [6.45, 7) is 8.81. The van der Waals surface area contributed by atoms with Gasteiger partial charge in [-0.05, 0) is 43.5 Å². The van der Waals surface area contributed by atoms with Crippen LogP contribution in [0.15, 0.2) is 18.2 Å². The first kappa shape index (κ1) is 13.2. The summed E-state index contributed by atoms with van der Waals surface area (Å²) in [5, 5.41) is 3.53. The van der Waals surface area contributed by atoms with Gasteiger partial charge in [0.1, 0.15) is 0 Å². The first-order valence-electron chi connectivity index (χ1n) is 6.51. The molecule has 0 bridgehead atoms. The predicted octanol–water partition coefficient (Wildman–Crippen LogP) is 3.97. The molecule has 0 aliphatic carbocycles. The number of benzene rings is 1. The molecule has 0 heterocycles. The van der Waals surface area contributed by atoms with Crippen LogP contribution in [0.3, 0.4) is 0 Å². The summed E-state index contributed by atoms with van der Waals surface area (Å²) in [5.74, 6) is 0. The minimum atomic E-state index is 1.01. The normalized spacial score (nSPS) is 10.7. The van der Waals surface area contributed by atoms with Gasteiger partial charge in [0.2, 0.25) is 0 Å². The second-order valence-corrected chi connectivity index (χ2v) is 4.60. The van der Waals surface area contributed by atoms with E-state index in [1.54, 1.807) is 0 Å². The summed E-state index contributed by atoms with van der Waals surface area (Å²) in [6, 6.07) is 6.55. The van der Waals surface area contributed by atoms with Crippen molar-refractivity contribution in [3.8, 4) is 0 Å². The molecule has 1 aromatic rings. The number of hydrogen-bond acceptors (Lipinski definition) is 1. The van der Waals surface area contributed by atoms with Gasteiger partial charge in [-0.3, -0.25) is 0 Å². The topological polar surface area (TPSA) is 12.0 Å². The molecule has 1 heteroatoms. The lowest BCUT2D eigenvalue weighted by molar-refractivity contribution is 0.597. The van der Waals surface area contributed by atoms with E-state index in [0.29, 0.717) is 0 Å². The zero-order valence-corrected chi connectivity index (χ0v) is 11.0. The third kappa shape index (κ3) is 4.36. The molecular weight excluding hydrogens is 194 g/mol. The van der Waals surface area contributed by atoms with Crippen molar-refractivity contribution in [2.75, 3.05) is 6.54 Å². The maximum atomic E-state index is 3.53. The van der Waals surface area contributed by atoms with Crippen molar-refractivity contribution in [1.82, 2.24) is 5.32 Å². The van der Waals surface area contributed by atoms with Crippen LogP contribution < -0.4 is 5.32 Å². The fraction of sp³-hybridized carbons (Fsp3) is 0.600. The number of aryl methyl sites for hydroxylation is 1. The van der Waals surface area contributed by atoms with Gasteiger partial charge >= 0.3 is 0 Å². The average Bonchev–Trinajstić information content (AvgIpc) is 2.29. The van der Waals surface area contributed by atoms with Crippen molar-refractivity contribution in [3.05, 3.63) is 34.9 Å². The predicted molar refractivity (Wildman–Crippen MR) is 71.8 cm³/mol. The molecule has 1 nitrogen and oxygen atoms in total. The van der Waals surface area contributed by atoms with E-state index < -0.39 is 0 Å². The van der Waals surface area contributed by atoms with Gasteiger partial charge < -0.3 is 5.32 Å². The highest BCUT2D eigenvalue weighted by Gasteiger charge is 1.99. The molecule has 90 valence electrons. The fourth-order valence-corrected chi connectivity index (χ4v) is 1.90. The third-order valence-corrected chi connectivity index (χ3v) is 3.24. The summed E-state index contributed by atoms with van der Waals surface area (Å²) in [6.07, 6.45) is 5.34. The molecule has 0 saturated heterocycles. The Balaban J connectivity index is 2.24. The van der Waals surface area contributed by atoms with Crippen LogP contribution in [-0.2, 0) is 6.54 Å². The van der Waals surface area contributed by atoms with E-state index in [9.17, 15) is 0 Å². The maximum absolute atomic E-state index is 3.53. The van der Waals surface area contributed by atoms with Gasteiger partial charge in [-0.25, -0.2) is 0 Å². The first-order valence-corrected chi connectivity index (χ1v) is 6.51. The molecule has 1 aromatic carbocycles. The largest absolute Gasteiger partial charge is 0.313 e. The molecular formula is C15H25N. The van der Waals surface area contributed by atoms with Crippen LogP contribution in [-0.4, -0.2) is 6.54 Å². The Bertz CT molecular complexity index is 304. The van der Waals surface area contributed by atoms with Crippen LogP contribution in [0.5, 0.6) is 0 Å². The Labute approximate surface area is 100 Å². The minimum Gasteiger partial charge on any atom is -0.313 e. The number of rotatable bonds is 7. The van der Waals surface area contributed by atoms with E-state index in [1.165, 1.54) is 42.4 Å². The Morgan fingerprint density at radius 2 is 1.88 bits per heavy atom. The summed E-state index contributed by atoms with van der Waals surface area (Å²) >= 11 is 0.